The van der Waals surface area contributed by atoms with Gasteiger partial charge in [0.2, 0.25) is 0 Å². The average Bonchev–Trinajstić information content (AvgIpc) is 3.77. The molecule has 3 aliphatic carbocycles. The van der Waals surface area contributed by atoms with Gasteiger partial charge in [0.25, 0.3) is 0 Å². The summed E-state index contributed by atoms with van der Waals surface area (Å²) in [7, 11) is 0. The second-order valence-corrected chi connectivity index (χ2v) is 18.6. The third-order valence-electron chi connectivity index (χ3n) is 17.3. The highest BCUT2D eigenvalue weighted by atomic mass is 16.1. The van der Waals surface area contributed by atoms with Crippen molar-refractivity contribution in [3.8, 4) is 0 Å². The summed E-state index contributed by atoms with van der Waals surface area (Å²) in [6, 6.07) is 37.1. The van der Waals surface area contributed by atoms with Gasteiger partial charge in [-0.05, 0) is 191 Å². The Bertz CT molecular complexity index is 4370. The molecule has 56 heavy (non-hydrogen) atoms. The predicted molar refractivity (Wildman–Crippen MR) is 233 cm³/mol. The van der Waals surface area contributed by atoms with Gasteiger partial charge < -0.3 is 0 Å². The highest BCUT2D eigenvalue weighted by Crippen LogP contribution is 2.77. The van der Waals surface area contributed by atoms with Crippen molar-refractivity contribution in [3.63, 3.8) is 0 Å². The molecule has 2 atom stereocenters. The molecule has 3 aliphatic rings. The van der Waals surface area contributed by atoms with E-state index in [2.05, 4.69) is 97.1 Å². The summed E-state index contributed by atoms with van der Waals surface area (Å²) < 4.78 is 0. The number of carbonyl (C=O) groups excluding carboxylic acids is 1. The van der Waals surface area contributed by atoms with Crippen LogP contribution in [-0.4, -0.2) is 5.78 Å². The maximum absolute atomic E-state index is 14.1. The van der Waals surface area contributed by atoms with E-state index in [4.69, 9.17) is 0 Å². The van der Waals surface area contributed by atoms with Gasteiger partial charge in [-0.2, -0.15) is 0 Å². The number of hydrogen-bond acceptors (Lipinski definition) is 1. The number of carbonyl (C=O) groups is 1. The zero-order valence-electron chi connectivity index (χ0n) is 29.5. The van der Waals surface area contributed by atoms with Crippen molar-refractivity contribution in [2.75, 3.05) is 0 Å². The monoisotopic (exact) mass is 696 g/mol. The fourth-order valence-electron chi connectivity index (χ4n) is 16.0. The van der Waals surface area contributed by atoms with E-state index >= 15 is 0 Å². The van der Waals surface area contributed by atoms with Crippen LogP contribution in [0.25, 0.3) is 151 Å². The Kier molecular flexibility index (Phi) is 2.95. The van der Waals surface area contributed by atoms with Crippen molar-refractivity contribution in [3.05, 3.63) is 130 Å². The Morgan fingerprint density at radius 2 is 0.571 bits per heavy atom. The van der Waals surface area contributed by atoms with Gasteiger partial charge in [0.15, 0.2) is 5.78 Å². The van der Waals surface area contributed by atoms with E-state index in [9.17, 15) is 4.79 Å². The lowest BCUT2D eigenvalue weighted by atomic mass is 9.74. The van der Waals surface area contributed by atoms with E-state index < -0.39 is 0 Å². The van der Waals surface area contributed by atoms with Gasteiger partial charge in [0.1, 0.15) is 0 Å². The van der Waals surface area contributed by atoms with Crippen LogP contribution in [0.5, 0.6) is 0 Å². The number of rotatable bonds is 1. The van der Waals surface area contributed by atoms with Crippen LogP contribution >= 0.6 is 0 Å². The standard InChI is InChI=1S/C55H20O/c56-55-25-7-3-1-5-17(25)29(18-6-2-4-8-26(18)55)40-46-38-27-15-13-23-21-11-9-19-20-10-12-22-24-14-16-28-37-35(24)43-33(22)31(20)41-30(19)32(21)42-34(23)36(27)44-48(38)49(39(28)47(40)46)45(37)54-52(43)50(41)51(42)53(44)54/h1-16,29,40,46-47H. The van der Waals surface area contributed by atoms with Gasteiger partial charge in [-0.15, -0.1) is 0 Å². The third kappa shape index (κ3) is 1.85. The van der Waals surface area contributed by atoms with E-state index in [1.165, 1.54) is 97.3 Å². The summed E-state index contributed by atoms with van der Waals surface area (Å²) in [6.45, 7) is 0. The minimum atomic E-state index is 0.162. The summed E-state index contributed by atoms with van der Waals surface area (Å²) >= 11 is 0. The molecule has 0 heterocycles. The Labute approximate surface area is 314 Å². The van der Waals surface area contributed by atoms with Crippen LogP contribution < -0.4 is 0 Å². The van der Waals surface area contributed by atoms with Crippen molar-refractivity contribution >= 4 is 157 Å². The van der Waals surface area contributed by atoms with Crippen molar-refractivity contribution in [1.82, 2.24) is 0 Å². The summed E-state index contributed by atoms with van der Waals surface area (Å²) in [5.41, 5.74) is 7.47. The van der Waals surface area contributed by atoms with Gasteiger partial charge in [-0.25, -0.2) is 0 Å². The lowest BCUT2D eigenvalue weighted by Gasteiger charge is -2.28. The Morgan fingerprint density at radius 3 is 0.946 bits per heavy atom. The molecule has 2 unspecified atom stereocenters. The molecular formula is C55H20O. The van der Waals surface area contributed by atoms with Gasteiger partial charge >= 0.3 is 0 Å². The van der Waals surface area contributed by atoms with Crippen molar-refractivity contribution in [1.29, 1.82) is 0 Å². The molecule has 17 aromatic carbocycles. The molecule has 1 nitrogen and oxygen atoms in total. The molecule has 0 amide bonds. The Morgan fingerprint density at radius 1 is 0.286 bits per heavy atom. The lowest BCUT2D eigenvalue weighted by Crippen LogP contribution is -2.21. The SMILES string of the molecule is O=C1c2ccccc2C(C2C3c4c5ccc6c7ccc8c9ccc%10c%11ccc%12c(c%13c4c4c5c6c5c7c8c6c9c%10c7c%11c%12c%13c8c4c5c6c78)C32)c2ccccc21. The van der Waals surface area contributed by atoms with Crippen LogP contribution in [0.1, 0.15) is 55.9 Å². The first-order chi connectivity index (χ1) is 27.8. The van der Waals surface area contributed by atoms with Gasteiger partial charge in [0.05, 0.1) is 0 Å². The number of benzene rings is 11. The second-order valence-electron chi connectivity index (χ2n) is 18.6. The number of ketones is 1. The molecule has 0 aromatic heterocycles. The Hall–Kier alpha value is -6.83. The molecule has 1 saturated carbocycles. The summed E-state index contributed by atoms with van der Waals surface area (Å²) in [5.74, 6) is 1.48. The fourth-order valence-corrected chi connectivity index (χ4v) is 16.0. The quantitative estimate of drug-likeness (QED) is 0.156. The van der Waals surface area contributed by atoms with Gasteiger partial charge in [-0.3, -0.25) is 4.79 Å². The molecule has 20 rings (SSSR count). The van der Waals surface area contributed by atoms with Gasteiger partial charge in [0, 0.05) is 17.0 Å². The molecule has 246 valence electrons. The van der Waals surface area contributed by atoms with E-state index in [1.54, 1.807) is 75.8 Å². The summed E-state index contributed by atoms with van der Waals surface area (Å²) in [6.07, 6.45) is 0. The molecule has 1 heteroatoms. The van der Waals surface area contributed by atoms with Crippen LogP contribution in [0.4, 0.5) is 0 Å². The first-order valence-corrected chi connectivity index (χ1v) is 20.5. The maximum Gasteiger partial charge on any atom is 0.193 e. The van der Waals surface area contributed by atoms with Crippen LogP contribution in [0, 0.1) is 5.92 Å². The lowest BCUT2D eigenvalue weighted by molar-refractivity contribution is 0.103. The molecule has 0 radical (unpaired) electrons. The minimum absolute atomic E-state index is 0.162. The highest BCUT2D eigenvalue weighted by Gasteiger charge is 2.62. The van der Waals surface area contributed by atoms with Crippen LogP contribution in [0.2, 0.25) is 0 Å². The van der Waals surface area contributed by atoms with Crippen LogP contribution in [0.15, 0.2) is 97.1 Å². The predicted octanol–water partition coefficient (Wildman–Crippen LogP) is 14.3. The molecular weight excluding hydrogens is 677 g/mol. The summed E-state index contributed by atoms with van der Waals surface area (Å²) in [5, 5.41) is 42.5. The molecule has 0 aliphatic heterocycles. The van der Waals surface area contributed by atoms with E-state index in [0.29, 0.717) is 17.8 Å². The van der Waals surface area contributed by atoms with E-state index in [0.717, 1.165) is 11.1 Å². The maximum atomic E-state index is 14.1. The van der Waals surface area contributed by atoms with E-state index in [-0.39, 0.29) is 11.7 Å². The smallest absolute Gasteiger partial charge is 0.193 e. The summed E-state index contributed by atoms with van der Waals surface area (Å²) in [4.78, 5) is 14.1. The first kappa shape index (κ1) is 24.6. The van der Waals surface area contributed by atoms with Gasteiger partial charge in [-0.1, -0.05) is 97.1 Å². The largest absolute Gasteiger partial charge is 0.289 e. The van der Waals surface area contributed by atoms with Crippen LogP contribution in [0.3, 0.4) is 0 Å². The van der Waals surface area contributed by atoms with Crippen molar-refractivity contribution < 1.29 is 4.79 Å². The molecule has 0 bridgehead atoms. The minimum Gasteiger partial charge on any atom is -0.289 e. The molecule has 0 saturated heterocycles. The fraction of sp³-hybridized carbons (Fsp3) is 0.0727. The normalized spacial score (nSPS) is 20.6. The van der Waals surface area contributed by atoms with Crippen molar-refractivity contribution in [2.24, 2.45) is 5.92 Å². The topological polar surface area (TPSA) is 17.1 Å². The Balaban J connectivity index is 1.11. The zero-order valence-corrected chi connectivity index (χ0v) is 29.5. The third-order valence-corrected chi connectivity index (χ3v) is 17.3. The van der Waals surface area contributed by atoms with E-state index in [1.807, 2.05) is 0 Å². The zero-order chi connectivity index (χ0) is 34.8. The number of hydrogen-bond donors (Lipinski definition) is 0. The first-order valence-electron chi connectivity index (χ1n) is 20.5. The molecule has 0 N–H and O–H groups in total. The molecule has 1 fully saturated rings. The van der Waals surface area contributed by atoms with Crippen LogP contribution in [-0.2, 0) is 0 Å². The second kappa shape index (κ2) is 6.73. The van der Waals surface area contributed by atoms with Crippen molar-refractivity contribution in [2.45, 2.75) is 17.8 Å². The molecule has 17 aromatic rings. The highest BCUT2D eigenvalue weighted by molar-refractivity contribution is 6.69. The number of fused-ring (bicyclic) bond motifs is 10. The molecule has 0 spiro atoms. The average molecular weight is 697 g/mol.